The molecule has 0 amide bonds. The van der Waals surface area contributed by atoms with Crippen LogP contribution in [0.5, 0.6) is 0 Å². The number of halogens is 1. The summed E-state index contributed by atoms with van der Waals surface area (Å²) in [6.45, 7) is 1.75. The van der Waals surface area contributed by atoms with Crippen LogP contribution in [0.25, 0.3) is 4.96 Å². The summed E-state index contributed by atoms with van der Waals surface area (Å²) < 4.78 is 33.4. The smallest absolute Gasteiger partial charge is 0.260 e. The summed E-state index contributed by atoms with van der Waals surface area (Å²) in [5, 5.41) is 5.29. The molecule has 0 bridgehead atoms. The zero-order valence-electron chi connectivity index (χ0n) is 10.2. The molecule has 106 valence electrons. The highest BCUT2D eigenvalue weighted by Gasteiger charge is 2.25. The van der Waals surface area contributed by atoms with Crippen molar-refractivity contribution in [3.63, 3.8) is 0 Å². The van der Waals surface area contributed by atoms with Crippen LogP contribution in [0.4, 0.5) is 0 Å². The number of rotatable bonds is 4. The molecule has 0 aliphatic rings. The predicted molar refractivity (Wildman–Crippen MR) is 73.3 cm³/mol. The van der Waals surface area contributed by atoms with Crippen LogP contribution in [0.1, 0.15) is 11.5 Å². The summed E-state index contributed by atoms with van der Waals surface area (Å²) >= 11 is 7.20. The number of imidazole rings is 1. The van der Waals surface area contributed by atoms with E-state index in [1.54, 1.807) is 24.6 Å². The van der Waals surface area contributed by atoms with Gasteiger partial charge in [-0.25, -0.2) is 18.1 Å². The third-order valence-corrected chi connectivity index (χ3v) is 5.10. The maximum Gasteiger partial charge on any atom is 0.260 e. The van der Waals surface area contributed by atoms with Gasteiger partial charge in [-0.05, 0) is 6.92 Å². The molecule has 3 aromatic heterocycles. The Labute approximate surface area is 123 Å². The molecule has 0 fully saturated rings. The molecule has 0 radical (unpaired) electrons. The molecule has 7 nitrogen and oxygen atoms in total. The summed E-state index contributed by atoms with van der Waals surface area (Å²) in [6, 6.07) is 1.65. The minimum absolute atomic E-state index is 0.00310. The third-order valence-electron chi connectivity index (χ3n) is 2.55. The van der Waals surface area contributed by atoms with Crippen LogP contribution in [0.2, 0.25) is 5.15 Å². The van der Waals surface area contributed by atoms with Crippen LogP contribution >= 0.6 is 22.9 Å². The molecule has 3 heterocycles. The summed E-state index contributed by atoms with van der Waals surface area (Å²) in [5.41, 5.74) is 0.682. The molecule has 10 heteroatoms. The molecule has 0 aromatic carbocycles. The molecular weight excluding hydrogens is 324 g/mol. The summed E-state index contributed by atoms with van der Waals surface area (Å²) in [6.07, 6.45) is 1.60. The van der Waals surface area contributed by atoms with Crippen molar-refractivity contribution in [2.45, 2.75) is 18.5 Å². The zero-order valence-corrected chi connectivity index (χ0v) is 12.6. The number of hydrogen-bond acceptors (Lipinski definition) is 6. The number of aryl methyl sites for hydroxylation is 1. The number of sulfonamides is 1. The lowest BCUT2D eigenvalue weighted by atomic mass is 10.4. The number of nitrogens with one attached hydrogen (secondary N) is 1. The van der Waals surface area contributed by atoms with Crippen molar-refractivity contribution in [1.82, 2.24) is 19.3 Å². The van der Waals surface area contributed by atoms with Crippen LogP contribution < -0.4 is 4.72 Å². The molecule has 0 aliphatic heterocycles. The Kier molecular flexibility index (Phi) is 3.28. The van der Waals surface area contributed by atoms with E-state index < -0.39 is 10.0 Å². The van der Waals surface area contributed by atoms with Crippen LogP contribution in [-0.2, 0) is 16.6 Å². The Morgan fingerprint density at radius 2 is 2.35 bits per heavy atom. The molecule has 0 atom stereocenters. The van der Waals surface area contributed by atoms with Gasteiger partial charge in [0.05, 0.1) is 12.2 Å². The van der Waals surface area contributed by atoms with Crippen LogP contribution in [0, 0.1) is 6.92 Å². The van der Waals surface area contributed by atoms with Gasteiger partial charge in [0.2, 0.25) is 0 Å². The molecule has 0 saturated heterocycles. The lowest BCUT2D eigenvalue weighted by Crippen LogP contribution is -2.24. The largest absolute Gasteiger partial charge is 0.360 e. The highest BCUT2D eigenvalue weighted by molar-refractivity contribution is 7.89. The van der Waals surface area contributed by atoms with Gasteiger partial charge in [0.25, 0.3) is 10.0 Å². The summed E-state index contributed by atoms with van der Waals surface area (Å²) in [4.78, 5) is 4.51. The van der Waals surface area contributed by atoms with Crippen molar-refractivity contribution >= 4 is 37.9 Å². The van der Waals surface area contributed by atoms with Gasteiger partial charge >= 0.3 is 0 Å². The second-order valence-electron chi connectivity index (χ2n) is 4.02. The van der Waals surface area contributed by atoms with E-state index >= 15 is 0 Å². The van der Waals surface area contributed by atoms with Crippen molar-refractivity contribution < 1.29 is 12.9 Å². The molecule has 3 aromatic rings. The van der Waals surface area contributed by atoms with E-state index in [9.17, 15) is 8.42 Å². The first-order valence-corrected chi connectivity index (χ1v) is 8.24. The molecule has 0 aliphatic carbocycles. The first kappa shape index (κ1) is 13.6. The minimum Gasteiger partial charge on any atom is -0.360 e. The van der Waals surface area contributed by atoms with Gasteiger partial charge in [-0.3, -0.25) is 4.40 Å². The molecule has 20 heavy (non-hydrogen) atoms. The Bertz CT molecular complexity index is 864. The number of hydrogen-bond donors (Lipinski definition) is 1. The molecule has 3 rings (SSSR count). The Morgan fingerprint density at radius 3 is 3.05 bits per heavy atom. The van der Waals surface area contributed by atoms with Gasteiger partial charge in [0.1, 0.15) is 0 Å². The second kappa shape index (κ2) is 4.85. The quantitative estimate of drug-likeness (QED) is 0.787. The van der Waals surface area contributed by atoms with Crippen molar-refractivity contribution in [3.05, 3.63) is 34.3 Å². The standard InChI is InChI=1S/C10H9ClN4O3S2/c1-6-4-7(18-14-6)5-12-20(16,17)9-8(11)13-10-15(9)2-3-19-10/h2-4,12H,5H2,1H3. The normalized spacial score (nSPS) is 12.3. The zero-order chi connectivity index (χ0) is 14.3. The summed E-state index contributed by atoms with van der Waals surface area (Å²) in [5.74, 6) is 0.424. The third kappa shape index (κ3) is 2.33. The fraction of sp³-hybridized carbons (Fsp3) is 0.200. The van der Waals surface area contributed by atoms with E-state index in [0.717, 1.165) is 0 Å². The van der Waals surface area contributed by atoms with Gasteiger partial charge in [0, 0.05) is 17.6 Å². The highest BCUT2D eigenvalue weighted by Crippen LogP contribution is 2.25. The minimum atomic E-state index is -3.80. The molecule has 0 spiro atoms. The van der Waals surface area contributed by atoms with E-state index in [1.807, 2.05) is 0 Å². The van der Waals surface area contributed by atoms with Gasteiger partial charge < -0.3 is 4.52 Å². The SMILES string of the molecule is Cc1cc(CNS(=O)(=O)c2c(Cl)nc3sccn23)on1. The van der Waals surface area contributed by atoms with E-state index in [0.29, 0.717) is 16.4 Å². The number of nitrogens with zero attached hydrogens (tertiary/aromatic N) is 3. The molecule has 1 N–H and O–H groups in total. The average molecular weight is 333 g/mol. The van der Waals surface area contributed by atoms with Crippen LogP contribution in [0.15, 0.2) is 27.2 Å². The fourth-order valence-electron chi connectivity index (χ4n) is 1.71. The predicted octanol–water partition coefficient (Wildman–Crippen LogP) is 1.82. The highest BCUT2D eigenvalue weighted by atomic mass is 35.5. The van der Waals surface area contributed by atoms with E-state index in [1.165, 1.54) is 15.7 Å². The molecule has 0 saturated carbocycles. The van der Waals surface area contributed by atoms with E-state index in [4.69, 9.17) is 16.1 Å². The van der Waals surface area contributed by atoms with Crippen molar-refractivity contribution in [2.24, 2.45) is 0 Å². The van der Waals surface area contributed by atoms with Crippen molar-refractivity contribution in [2.75, 3.05) is 0 Å². The number of fused-ring (bicyclic) bond motifs is 1. The van der Waals surface area contributed by atoms with Crippen molar-refractivity contribution in [3.8, 4) is 0 Å². The average Bonchev–Trinajstić information content (AvgIpc) is 3.02. The monoisotopic (exact) mass is 332 g/mol. The van der Waals surface area contributed by atoms with E-state index in [-0.39, 0.29) is 16.7 Å². The lowest BCUT2D eigenvalue weighted by Gasteiger charge is -2.03. The van der Waals surface area contributed by atoms with Crippen LogP contribution in [-0.4, -0.2) is 23.0 Å². The Balaban J connectivity index is 1.91. The Hall–Kier alpha value is -1.42. The lowest BCUT2D eigenvalue weighted by molar-refractivity contribution is 0.377. The second-order valence-corrected chi connectivity index (χ2v) is 6.94. The molecule has 0 unspecified atom stereocenters. The fourth-order valence-corrected chi connectivity index (χ4v) is 4.15. The molecular formula is C10H9ClN4O3S2. The van der Waals surface area contributed by atoms with E-state index in [2.05, 4.69) is 14.9 Å². The topological polar surface area (TPSA) is 89.5 Å². The van der Waals surface area contributed by atoms with Crippen LogP contribution in [0.3, 0.4) is 0 Å². The number of thiazole rings is 1. The van der Waals surface area contributed by atoms with Crippen molar-refractivity contribution in [1.29, 1.82) is 0 Å². The Morgan fingerprint density at radius 1 is 1.55 bits per heavy atom. The van der Waals surface area contributed by atoms with Gasteiger partial charge in [-0.1, -0.05) is 16.8 Å². The summed E-state index contributed by atoms with van der Waals surface area (Å²) in [7, 11) is -3.80. The number of aromatic nitrogens is 3. The first-order chi connectivity index (χ1) is 9.47. The van der Waals surface area contributed by atoms with Gasteiger partial charge in [-0.15, -0.1) is 11.3 Å². The van der Waals surface area contributed by atoms with Gasteiger partial charge in [-0.2, -0.15) is 0 Å². The van der Waals surface area contributed by atoms with Gasteiger partial charge in [0.15, 0.2) is 20.9 Å². The maximum absolute atomic E-state index is 12.3. The maximum atomic E-state index is 12.3. The first-order valence-electron chi connectivity index (χ1n) is 5.50.